The van der Waals surface area contributed by atoms with Crippen LogP contribution in [0.5, 0.6) is 0 Å². The summed E-state index contributed by atoms with van der Waals surface area (Å²) in [6, 6.07) is 4.70. The molecule has 19 heavy (non-hydrogen) atoms. The molecule has 1 fully saturated rings. The van der Waals surface area contributed by atoms with Gasteiger partial charge >= 0.3 is 0 Å². The third kappa shape index (κ3) is 2.42. The fraction of sp³-hybridized carbons (Fsp3) is 0.500. The standard InChI is InChI=1S/C14H19FN4/c15-11-4-5-13-12(8-11)18-14(19(13)7-6-16)17-9-10-2-1-3-10/h4-5,8,10H,1-3,6-7,9,16H2,(H,17,18). The molecule has 102 valence electrons. The van der Waals surface area contributed by atoms with Gasteiger partial charge in [-0.05, 0) is 30.9 Å². The van der Waals surface area contributed by atoms with Crippen molar-refractivity contribution < 1.29 is 4.39 Å². The van der Waals surface area contributed by atoms with E-state index in [0.29, 0.717) is 18.6 Å². The lowest BCUT2D eigenvalue weighted by molar-refractivity contribution is 0.332. The Bertz CT molecular complexity index is 574. The molecular weight excluding hydrogens is 243 g/mol. The van der Waals surface area contributed by atoms with Crippen molar-refractivity contribution in [3.63, 3.8) is 0 Å². The molecule has 3 rings (SSSR count). The van der Waals surface area contributed by atoms with Gasteiger partial charge in [-0.3, -0.25) is 0 Å². The summed E-state index contributed by atoms with van der Waals surface area (Å²) in [6.45, 7) is 2.17. The van der Waals surface area contributed by atoms with Gasteiger partial charge in [-0.25, -0.2) is 9.37 Å². The predicted molar refractivity (Wildman–Crippen MR) is 74.6 cm³/mol. The molecule has 2 aromatic rings. The first-order chi connectivity index (χ1) is 9.28. The van der Waals surface area contributed by atoms with E-state index in [2.05, 4.69) is 10.3 Å². The number of nitrogens with zero attached hydrogens (tertiary/aromatic N) is 2. The van der Waals surface area contributed by atoms with Gasteiger partial charge in [-0.15, -0.1) is 0 Å². The van der Waals surface area contributed by atoms with Crippen molar-refractivity contribution in [1.29, 1.82) is 0 Å². The second-order valence-corrected chi connectivity index (χ2v) is 5.19. The van der Waals surface area contributed by atoms with Crippen molar-refractivity contribution in [2.75, 3.05) is 18.4 Å². The minimum atomic E-state index is -0.254. The highest BCUT2D eigenvalue weighted by Gasteiger charge is 2.18. The maximum Gasteiger partial charge on any atom is 0.203 e. The Hall–Kier alpha value is -1.62. The largest absolute Gasteiger partial charge is 0.355 e. The molecule has 0 spiro atoms. The maximum absolute atomic E-state index is 13.2. The van der Waals surface area contributed by atoms with Crippen molar-refractivity contribution in [3.05, 3.63) is 24.0 Å². The maximum atomic E-state index is 13.2. The van der Waals surface area contributed by atoms with Gasteiger partial charge in [-0.2, -0.15) is 0 Å². The topological polar surface area (TPSA) is 55.9 Å². The summed E-state index contributed by atoms with van der Waals surface area (Å²) in [4.78, 5) is 4.48. The van der Waals surface area contributed by atoms with Gasteiger partial charge in [0, 0.05) is 25.7 Å². The van der Waals surface area contributed by atoms with Crippen LogP contribution in [0.3, 0.4) is 0 Å². The van der Waals surface area contributed by atoms with E-state index in [-0.39, 0.29) is 5.82 Å². The molecule has 0 radical (unpaired) electrons. The van der Waals surface area contributed by atoms with Crippen molar-refractivity contribution in [1.82, 2.24) is 9.55 Å². The molecule has 1 aromatic carbocycles. The summed E-state index contributed by atoms with van der Waals surface area (Å²) in [7, 11) is 0. The van der Waals surface area contributed by atoms with Crippen molar-refractivity contribution in [2.24, 2.45) is 11.7 Å². The fourth-order valence-corrected chi connectivity index (χ4v) is 2.53. The highest BCUT2D eigenvalue weighted by molar-refractivity contribution is 5.78. The Kier molecular flexibility index (Phi) is 3.38. The minimum Gasteiger partial charge on any atom is -0.355 e. The van der Waals surface area contributed by atoms with E-state index < -0.39 is 0 Å². The zero-order chi connectivity index (χ0) is 13.2. The van der Waals surface area contributed by atoms with Crippen LogP contribution in [-0.4, -0.2) is 22.6 Å². The molecule has 0 aliphatic heterocycles. The highest BCUT2D eigenvalue weighted by Crippen LogP contribution is 2.27. The Balaban J connectivity index is 1.89. The molecule has 5 heteroatoms. The van der Waals surface area contributed by atoms with Gasteiger partial charge in [0.25, 0.3) is 0 Å². The van der Waals surface area contributed by atoms with Gasteiger partial charge in [0.2, 0.25) is 5.95 Å². The lowest BCUT2D eigenvalue weighted by atomic mass is 9.85. The minimum absolute atomic E-state index is 0.254. The Morgan fingerprint density at radius 1 is 1.42 bits per heavy atom. The molecule has 0 unspecified atom stereocenters. The van der Waals surface area contributed by atoms with Crippen molar-refractivity contribution in [3.8, 4) is 0 Å². The number of nitrogens with one attached hydrogen (secondary N) is 1. The second kappa shape index (κ2) is 5.17. The quantitative estimate of drug-likeness (QED) is 0.869. The number of halogens is 1. The molecule has 0 bridgehead atoms. The van der Waals surface area contributed by atoms with Crippen LogP contribution in [0.15, 0.2) is 18.2 Å². The first-order valence-corrected chi connectivity index (χ1v) is 6.87. The predicted octanol–water partition coefficient (Wildman–Crippen LogP) is 2.35. The van der Waals surface area contributed by atoms with Gasteiger partial charge in [-0.1, -0.05) is 6.42 Å². The Morgan fingerprint density at radius 3 is 2.95 bits per heavy atom. The number of benzene rings is 1. The SMILES string of the molecule is NCCn1c(NCC2CCC2)nc2cc(F)ccc21. The number of fused-ring (bicyclic) bond motifs is 1. The molecule has 0 atom stereocenters. The molecule has 4 nitrogen and oxygen atoms in total. The fourth-order valence-electron chi connectivity index (χ4n) is 2.53. The monoisotopic (exact) mass is 262 g/mol. The van der Waals surface area contributed by atoms with E-state index in [1.807, 2.05) is 4.57 Å². The van der Waals surface area contributed by atoms with Crippen molar-refractivity contribution >= 4 is 17.0 Å². The molecular formula is C14H19FN4. The van der Waals surface area contributed by atoms with E-state index in [1.54, 1.807) is 6.07 Å². The summed E-state index contributed by atoms with van der Waals surface area (Å²) in [5.41, 5.74) is 7.27. The van der Waals surface area contributed by atoms with Crippen LogP contribution in [-0.2, 0) is 6.54 Å². The number of hydrogen-bond donors (Lipinski definition) is 2. The summed E-state index contributed by atoms with van der Waals surface area (Å²) >= 11 is 0. The second-order valence-electron chi connectivity index (χ2n) is 5.19. The molecule has 1 aliphatic rings. The van der Waals surface area contributed by atoms with Crippen LogP contribution < -0.4 is 11.1 Å². The molecule has 1 aliphatic carbocycles. The molecule has 0 saturated heterocycles. The number of rotatable bonds is 5. The summed E-state index contributed by atoms with van der Waals surface area (Å²) in [5.74, 6) is 1.30. The number of imidazole rings is 1. The third-order valence-corrected chi connectivity index (χ3v) is 3.84. The van der Waals surface area contributed by atoms with Crippen LogP contribution in [0.1, 0.15) is 19.3 Å². The van der Waals surface area contributed by atoms with Crippen molar-refractivity contribution in [2.45, 2.75) is 25.8 Å². The van der Waals surface area contributed by atoms with Crippen LogP contribution in [0.25, 0.3) is 11.0 Å². The summed E-state index contributed by atoms with van der Waals surface area (Å²) in [5, 5.41) is 3.38. The van der Waals surface area contributed by atoms with Gasteiger partial charge in [0.15, 0.2) is 0 Å². The normalized spacial score (nSPS) is 15.7. The smallest absolute Gasteiger partial charge is 0.203 e. The molecule has 3 N–H and O–H groups in total. The van der Waals surface area contributed by atoms with E-state index in [0.717, 1.165) is 23.9 Å². The Labute approximate surface area is 111 Å². The molecule has 0 amide bonds. The third-order valence-electron chi connectivity index (χ3n) is 3.84. The molecule has 1 saturated carbocycles. The molecule has 1 aromatic heterocycles. The van der Waals surface area contributed by atoms with Crippen LogP contribution in [0, 0.1) is 11.7 Å². The number of hydrogen-bond acceptors (Lipinski definition) is 3. The van der Waals surface area contributed by atoms with Gasteiger partial charge in [0.1, 0.15) is 5.82 Å². The number of nitrogens with two attached hydrogens (primary N) is 1. The lowest BCUT2D eigenvalue weighted by Crippen LogP contribution is -2.23. The van der Waals surface area contributed by atoms with E-state index >= 15 is 0 Å². The first-order valence-electron chi connectivity index (χ1n) is 6.87. The van der Waals surface area contributed by atoms with E-state index in [9.17, 15) is 4.39 Å². The number of aromatic nitrogens is 2. The number of anilines is 1. The lowest BCUT2D eigenvalue weighted by Gasteiger charge is -2.25. The van der Waals surface area contributed by atoms with Crippen LogP contribution >= 0.6 is 0 Å². The highest BCUT2D eigenvalue weighted by atomic mass is 19.1. The average molecular weight is 262 g/mol. The first kappa shape index (κ1) is 12.4. The van der Waals surface area contributed by atoms with Gasteiger partial charge in [0.05, 0.1) is 11.0 Å². The van der Waals surface area contributed by atoms with E-state index in [1.165, 1.54) is 31.4 Å². The Morgan fingerprint density at radius 2 is 2.26 bits per heavy atom. The van der Waals surface area contributed by atoms with E-state index in [4.69, 9.17) is 5.73 Å². The average Bonchev–Trinajstić information content (AvgIpc) is 2.65. The zero-order valence-electron chi connectivity index (χ0n) is 10.9. The zero-order valence-corrected chi connectivity index (χ0v) is 10.9. The van der Waals surface area contributed by atoms with Crippen LogP contribution in [0.4, 0.5) is 10.3 Å². The molecule has 1 heterocycles. The van der Waals surface area contributed by atoms with Gasteiger partial charge < -0.3 is 15.6 Å². The summed E-state index contributed by atoms with van der Waals surface area (Å²) in [6.07, 6.45) is 3.91. The van der Waals surface area contributed by atoms with Crippen LogP contribution in [0.2, 0.25) is 0 Å². The summed E-state index contributed by atoms with van der Waals surface area (Å²) < 4.78 is 15.3.